The third kappa shape index (κ3) is 6.31. The van der Waals surface area contributed by atoms with Crippen LogP contribution in [0.15, 0.2) is 38.6 Å². The van der Waals surface area contributed by atoms with Crippen LogP contribution in [0, 0.1) is 0 Å². The van der Waals surface area contributed by atoms with Crippen molar-refractivity contribution >= 4 is 0 Å². The molecule has 0 fully saturated rings. The molecule has 0 amide bonds. The molecule has 4 nitrogen and oxygen atoms in total. The molecule has 1 aromatic rings. The summed E-state index contributed by atoms with van der Waals surface area (Å²) in [6.45, 7) is 7.75. The van der Waals surface area contributed by atoms with Gasteiger partial charge in [-0.15, -0.1) is 0 Å². The third-order valence-corrected chi connectivity index (χ3v) is 3.32. The van der Waals surface area contributed by atoms with E-state index < -0.39 is 11.7 Å². The van der Waals surface area contributed by atoms with E-state index in [2.05, 4.69) is 19.9 Å². The lowest BCUT2D eigenvalue weighted by molar-refractivity contribution is 0.185. The minimum absolute atomic E-state index is 0.0692. The Kier molecular flexibility index (Phi) is 7.12. The predicted octanol–water partition coefficient (Wildman–Crippen LogP) is 3.50. The molecule has 0 bridgehead atoms. The summed E-state index contributed by atoms with van der Waals surface area (Å²) in [5.41, 5.74) is 2.18. The molecule has 1 atom stereocenters. The molecular formula is C18H26O4. The molecule has 0 radical (unpaired) electrons. The average molecular weight is 306 g/mol. The minimum Gasteiger partial charge on any atom is -0.507 e. The first-order chi connectivity index (χ1) is 10.3. The van der Waals surface area contributed by atoms with E-state index in [0.29, 0.717) is 12.2 Å². The molecule has 4 heteroatoms. The first-order valence-corrected chi connectivity index (χ1v) is 7.61. The lowest BCUT2D eigenvalue weighted by Crippen LogP contribution is -2.12. The SMILES string of the molecule is CC(C)=CCC/C(C)=C/Cc1c(O)cc(CC(C)O)oc1=O. The molecule has 1 unspecified atom stereocenters. The maximum Gasteiger partial charge on any atom is 0.343 e. The van der Waals surface area contributed by atoms with Crippen molar-refractivity contribution in [1.29, 1.82) is 0 Å². The monoisotopic (exact) mass is 306 g/mol. The Morgan fingerprint density at radius 3 is 2.55 bits per heavy atom. The number of hydrogen-bond acceptors (Lipinski definition) is 4. The topological polar surface area (TPSA) is 70.7 Å². The van der Waals surface area contributed by atoms with Gasteiger partial charge in [0.05, 0.1) is 11.7 Å². The summed E-state index contributed by atoms with van der Waals surface area (Å²) in [5.74, 6) is 0.228. The van der Waals surface area contributed by atoms with Crippen LogP contribution in [0.4, 0.5) is 0 Å². The Labute approximate surface area is 131 Å². The summed E-state index contributed by atoms with van der Waals surface area (Å²) in [6, 6.07) is 1.41. The van der Waals surface area contributed by atoms with Crippen molar-refractivity contribution in [2.45, 2.75) is 59.5 Å². The van der Waals surface area contributed by atoms with Gasteiger partial charge in [0.25, 0.3) is 0 Å². The molecule has 1 rings (SSSR count). The highest BCUT2D eigenvalue weighted by atomic mass is 16.4. The number of hydrogen-bond donors (Lipinski definition) is 2. The molecule has 0 saturated carbocycles. The summed E-state index contributed by atoms with van der Waals surface area (Å²) < 4.78 is 5.13. The van der Waals surface area contributed by atoms with E-state index in [9.17, 15) is 15.0 Å². The molecule has 0 aliphatic heterocycles. The Morgan fingerprint density at radius 1 is 1.32 bits per heavy atom. The zero-order chi connectivity index (χ0) is 16.7. The molecule has 0 aliphatic rings. The Hall–Kier alpha value is -1.81. The number of rotatable bonds is 7. The van der Waals surface area contributed by atoms with Gasteiger partial charge in [0.1, 0.15) is 11.5 Å². The van der Waals surface area contributed by atoms with Crippen LogP contribution in [0.5, 0.6) is 5.75 Å². The molecule has 1 heterocycles. The van der Waals surface area contributed by atoms with Crippen LogP contribution in [-0.4, -0.2) is 16.3 Å². The average Bonchev–Trinajstić information content (AvgIpc) is 2.36. The number of allylic oxidation sites excluding steroid dienone is 4. The van der Waals surface area contributed by atoms with Crippen LogP contribution in [-0.2, 0) is 12.8 Å². The second-order valence-corrected chi connectivity index (χ2v) is 5.99. The highest BCUT2D eigenvalue weighted by molar-refractivity contribution is 5.32. The van der Waals surface area contributed by atoms with Crippen molar-refractivity contribution in [2.24, 2.45) is 0 Å². The van der Waals surface area contributed by atoms with Gasteiger partial charge in [-0.2, -0.15) is 0 Å². The van der Waals surface area contributed by atoms with Gasteiger partial charge in [-0.1, -0.05) is 23.3 Å². The summed E-state index contributed by atoms with van der Waals surface area (Å²) in [5, 5.41) is 19.3. The fourth-order valence-corrected chi connectivity index (χ4v) is 2.10. The van der Waals surface area contributed by atoms with E-state index in [4.69, 9.17) is 4.42 Å². The van der Waals surface area contributed by atoms with Gasteiger partial charge >= 0.3 is 5.63 Å². The zero-order valence-electron chi connectivity index (χ0n) is 13.8. The van der Waals surface area contributed by atoms with Crippen LogP contribution in [0.25, 0.3) is 0 Å². The number of aliphatic hydroxyl groups is 1. The van der Waals surface area contributed by atoms with Crippen molar-refractivity contribution in [1.82, 2.24) is 0 Å². The van der Waals surface area contributed by atoms with Crippen molar-refractivity contribution in [3.05, 3.63) is 51.1 Å². The lowest BCUT2D eigenvalue weighted by atomic mass is 10.1. The fourth-order valence-electron chi connectivity index (χ4n) is 2.10. The van der Waals surface area contributed by atoms with Gasteiger partial charge in [0.2, 0.25) is 0 Å². The quantitative estimate of drug-likeness (QED) is 0.756. The Bertz CT molecular complexity index is 602. The van der Waals surface area contributed by atoms with Gasteiger partial charge in [-0.25, -0.2) is 4.79 Å². The molecule has 1 aromatic heterocycles. The molecule has 0 spiro atoms. The second kappa shape index (κ2) is 8.59. The predicted molar refractivity (Wildman–Crippen MR) is 88.2 cm³/mol. The normalized spacial score (nSPS) is 13.0. The summed E-state index contributed by atoms with van der Waals surface area (Å²) in [4.78, 5) is 11.9. The van der Waals surface area contributed by atoms with Crippen molar-refractivity contribution in [2.75, 3.05) is 0 Å². The molecule has 2 N–H and O–H groups in total. The van der Waals surface area contributed by atoms with Gasteiger partial charge in [0, 0.05) is 18.9 Å². The molecule has 122 valence electrons. The van der Waals surface area contributed by atoms with Gasteiger partial charge in [0.15, 0.2) is 0 Å². The van der Waals surface area contributed by atoms with E-state index in [1.807, 2.05) is 13.0 Å². The smallest absolute Gasteiger partial charge is 0.343 e. The van der Waals surface area contributed by atoms with Gasteiger partial charge in [-0.3, -0.25) is 0 Å². The summed E-state index contributed by atoms with van der Waals surface area (Å²) >= 11 is 0. The standard InChI is InChI=1S/C18H26O4/c1-12(2)6-5-7-13(3)8-9-16-17(20)11-15(10-14(4)19)22-18(16)21/h6,8,11,14,19-20H,5,7,9-10H2,1-4H3/b13-8+. The lowest BCUT2D eigenvalue weighted by Gasteiger charge is -2.06. The molecule has 0 saturated heterocycles. The first-order valence-electron chi connectivity index (χ1n) is 7.61. The largest absolute Gasteiger partial charge is 0.507 e. The van der Waals surface area contributed by atoms with E-state index in [1.165, 1.54) is 17.2 Å². The summed E-state index contributed by atoms with van der Waals surface area (Å²) in [7, 11) is 0. The zero-order valence-corrected chi connectivity index (χ0v) is 13.8. The third-order valence-electron chi connectivity index (χ3n) is 3.32. The molecular weight excluding hydrogens is 280 g/mol. The van der Waals surface area contributed by atoms with E-state index >= 15 is 0 Å². The molecule has 0 aliphatic carbocycles. The van der Waals surface area contributed by atoms with Crippen molar-refractivity contribution < 1.29 is 14.6 Å². The van der Waals surface area contributed by atoms with Gasteiger partial charge in [-0.05, 0) is 40.5 Å². The maximum absolute atomic E-state index is 11.9. The molecule has 22 heavy (non-hydrogen) atoms. The Balaban J connectivity index is 2.77. The number of aliphatic hydroxyl groups excluding tert-OH is 1. The summed E-state index contributed by atoms with van der Waals surface area (Å²) in [6.07, 6.45) is 5.96. The highest BCUT2D eigenvalue weighted by Crippen LogP contribution is 2.18. The van der Waals surface area contributed by atoms with E-state index in [1.54, 1.807) is 6.92 Å². The maximum atomic E-state index is 11.9. The minimum atomic E-state index is -0.620. The van der Waals surface area contributed by atoms with Crippen LogP contribution in [0.1, 0.15) is 51.9 Å². The van der Waals surface area contributed by atoms with Gasteiger partial charge < -0.3 is 14.6 Å². The van der Waals surface area contributed by atoms with E-state index in [-0.39, 0.29) is 17.7 Å². The Morgan fingerprint density at radius 2 is 2.00 bits per heavy atom. The van der Waals surface area contributed by atoms with Crippen LogP contribution >= 0.6 is 0 Å². The van der Waals surface area contributed by atoms with Crippen molar-refractivity contribution in [3.63, 3.8) is 0 Å². The first kappa shape index (κ1) is 18.2. The second-order valence-electron chi connectivity index (χ2n) is 5.99. The fraction of sp³-hybridized carbons (Fsp3) is 0.500. The van der Waals surface area contributed by atoms with Crippen molar-refractivity contribution in [3.8, 4) is 5.75 Å². The van der Waals surface area contributed by atoms with Crippen LogP contribution in [0.3, 0.4) is 0 Å². The molecule has 0 aromatic carbocycles. The number of aromatic hydroxyl groups is 1. The van der Waals surface area contributed by atoms with Crippen LogP contribution < -0.4 is 5.63 Å². The van der Waals surface area contributed by atoms with Crippen LogP contribution in [0.2, 0.25) is 0 Å². The highest BCUT2D eigenvalue weighted by Gasteiger charge is 2.11. The van der Waals surface area contributed by atoms with E-state index in [0.717, 1.165) is 12.8 Å².